The van der Waals surface area contributed by atoms with Crippen LogP contribution in [0.15, 0.2) is 24.7 Å². The molecule has 3 rings (SSSR count). The molecule has 3 N–H and O–H groups in total. The maximum absolute atomic E-state index is 12.3. The van der Waals surface area contributed by atoms with Gasteiger partial charge < -0.3 is 15.6 Å². The predicted octanol–water partition coefficient (Wildman–Crippen LogP) is 2.25. The number of fused-ring (bicyclic) bond motifs is 1. The molecule has 3 heterocycles. The topological polar surface area (TPSA) is 132 Å². The number of nitrogens with one attached hydrogen (secondary N) is 3. The van der Waals surface area contributed by atoms with Crippen molar-refractivity contribution in [2.24, 2.45) is 5.41 Å². The molecule has 3 aromatic heterocycles. The Hall–Kier alpha value is -3.54. The molecule has 0 bridgehead atoms. The summed E-state index contributed by atoms with van der Waals surface area (Å²) in [6.45, 7) is 8.50. The number of nitrogens with zero attached hydrogens (tertiary/aromatic N) is 5. The first-order valence-corrected chi connectivity index (χ1v) is 8.88. The number of hydrogen-bond acceptors (Lipinski definition) is 7. The monoisotopic (exact) mass is 378 g/mol. The number of pyridine rings is 1. The van der Waals surface area contributed by atoms with Crippen LogP contribution in [0.5, 0.6) is 0 Å². The fourth-order valence-corrected chi connectivity index (χ4v) is 2.53. The first kappa shape index (κ1) is 19.2. The normalized spacial score (nSPS) is 12.4. The first-order valence-electron chi connectivity index (χ1n) is 8.88. The predicted molar refractivity (Wildman–Crippen MR) is 105 cm³/mol. The van der Waals surface area contributed by atoms with Crippen molar-refractivity contribution in [1.29, 1.82) is 5.26 Å². The molecular formula is C19H22N8O. The van der Waals surface area contributed by atoms with Gasteiger partial charge in [0.25, 0.3) is 0 Å². The summed E-state index contributed by atoms with van der Waals surface area (Å²) >= 11 is 0. The summed E-state index contributed by atoms with van der Waals surface area (Å²) in [7, 11) is 0. The molecule has 0 spiro atoms. The molecule has 1 amide bonds. The lowest BCUT2D eigenvalue weighted by atomic mass is 9.97. The molecule has 0 radical (unpaired) electrons. The van der Waals surface area contributed by atoms with Crippen LogP contribution in [0.1, 0.15) is 33.3 Å². The van der Waals surface area contributed by atoms with Crippen LogP contribution >= 0.6 is 0 Å². The van der Waals surface area contributed by atoms with Crippen LogP contribution in [0, 0.1) is 16.7 Å². The van der Waals surface area contributed by atoms with Gasteiger partial charge in [0.15, 0.2) is 5.82 Å². The van der Waals surface area contributed by atoms with E-state index in [0.717, 1.165) is 5.39 Å². The smallest absolute Gasteiger partial charge is 0.242 e. The van der Waals surface area contributed by atoms with E-state index in [1.165, 1.54) is 12.4 Å². The van der Waals surface area contributed by atoms with Gasteiger partial charge in [-0.3, -0.25) is 4.79 Å². The number of aromatic nitrogens is 5. The molecule has 0 saturated carbocycles. The second-order valence-electron chi connectivity index (χ2n) is 7.74. The molecule has 1 unspecified atom stereocenters. The highest BCUT2D eigenvalue weighted by Crippen LogP contribution is 2.25. The van der Waals surface area contributed by atoms with Crippen LogP contribution in [0.4, 0.5) is 5.82 Å². The fraction of sp³-hybridized carbons (Fsp3) is 0.368. The Labute approximate surface area is 162 Å². The molecule has 0 aromatic carbocycles. The van der Waals surface area contributed by atoms with Gasteiger partial charge in [0.05, 0.1) is 11.8 Å². The Morgan fingerprint density at radius 1 is 1.36 bits per heavy atom. The lowest BCUT2D eigenvalue weighted by molar-refractivity contribution is -0.121. The number of amides is 1. The Morgan fingerprint density at radius 2 is 2.14 bits per heavy atom. The quantitative estimate of drug-likeness (QED) is 0.620. The van der Waals surface area contributed by atoms with Gasteiger partial charge >= 0.3 is 0 Å². The zero-order chi connectivity index (χ0) is 20.3. The van der Waals surface area contributed by atoms with Gasteiger partial charge in [-0.05, 0) is 18.4 Å². The Balaban J connectivity index is 1.80. The van der Waals surface area contributed by atoms with Gasteiger partial charge in [-0.25, -0.2) is 9.97 Å². The minimum absolute atomic E-state index is 0.00464. The number of H-pyrrole nitrogens is 1. The number of aromatic amines is 1. The SMILES string of the molecule is CC(Nc1cnnc(-c2c[nH]c3ncc(C#N)cc23)n1)C(=O)NCC(C)(C)C. The van der Waals surface area contributed by atoms with Gasteiger partial charge in [-0.1, -0.05) is 20.8 Å². The highest BCUT2D eigenvalue weighted by atomic mass is 16.2. The molecular weight excluding hydrogens is 356 g/mol. The van der Waals surface area contributed by atoms with Crippen molar-refractivity contribution in [2.75, 3.05) is 11.9 Å². The summed E-state index contributed by atoms with van der Waals surface area (Å²) in [5.41, 5.74) is 1.76. The Bertz CT molecular complexity index is 1040. The molecule has 0 aliphatic heterocycles. The minimum atomic E-state index is -0.485. The second-order valence-corrected chi connectivity index (χ2v) is 7.74. The van der Waals surface area contributed by atoms with Gasteiger partial charge in [-0.15, -0.1) is 5.10 Å². The highest BCUT2D eigenvalue weighted by molar-refractivity contribution is 5.92. The van der Waals surface area contributed by atoms with Crippen molar-refractivity contribution in [3.63, 3.8) is 0 Å². The minimum Gasteiger partial charge on any atom is -0.357 e. The molecule has 0 aliphatic carbocycles. The van der Waals surface area contributed by atoms with Crippen molar-refractivity contribution < 1.29 is 4.79 Å². The van der Waals surface area contributed by atoms with Gasteiger partial charge in [0, 0.05) is 29.9 Å². The fourth-order valence-electron chi connectivity index (χ4n) is 2.53. The summed E-state index contributed by atoms with van der Waals surface area (Å²) in [5.74, 6) is 0.683. The zero-order valence-corrected chi connectivity index (χ0v) is 16.2. The first-order chi connectivity index (χ1) is 13.3. The summed E-state index contributed by atoms with van der Waals surface area (Å²) in [6, 6.07) is 3.31. The third-order valence-corrected chi connectivity index (χ3v) is 4.01. The lowest BCUT2D eigenvalue weighted by Crippen LogP contribution is -2.41. The van der Waals surface area contributed by atoms with Crippen LogP contribution in [0.3, 0.4) is 0 Å². The van der Waals surface area contributed by atoms with Crippen molar-refractivity contribution in [3.05, 3.63) is 30.2 Å². The lowest BCUT2D eigenvalue weighted by Gasteiger charge is -2.21. The number of carbonyl (C=O) groups excluding carboxylic acids is 1. The van der Waals surface area contributed by atoms with Crippen LogP contribution in [-0.2, 0) is 4.79 Å². The molecule has 3 aromatic rings. The van der Waals surface area contributed by atoms with Crippen LogP contribution in [0.25, 0.3) is 22.4 Å². The molecule has 9 nitrogen and oxygen atoms in total. The van der Waals surface area contributed by atoms with E-state index in [2.05, 4.69) is 62.6 Å². The second kappa shape index (κ2) is 7.60. The van der Waals surface area contributed by atoms with Crippen LogP contribution < -0.4 is 10.6 Å². The van der Waals surface area contributed by atoms with Crippen molar-refractivity contribution in [3.8, 4) is 17.5 Å². The van der Waals surface area contributed by atoms with E-state index >= 15 is 0 Å². The summed E-state index contributed by atoms with van der Waals surface area (Å²) in [4.78, 5) is 24.0. The number of carbonyl (C=O) groups is 1. The van der Waals surface area contributed by atoms with E-state index in [9.17, 15) is 4.79 Å². The van der Waals surface area contributed by atoms with Crippen molar-refractivity contribution >= 4 is 22.8 Å². The molecule has 0 fully saturated rings. The number of nitriles is 1. The van der Waals surface area contributed by atoms with E-state index in [1.54, 1.807) is 19.2 Å². The zero-order valence-electron chi connectivity index (χ0n) is 16.2. The third kappa shape index (κ3) is 4.40. The molecule has 0 aliphatic rings. The summed E-state index contributed by atoms with van der Waals surface area (Å²) in [5, 5.41) is 23.8. The van der Waals surface area contributed by atoms with Crippen LogP contribution in [-0.4, -0.2) is 43.6 Å². The molecule has 144 valence electrons. The average Bonchev–Trinajstić information content (AvgIpc) is 3.08. The van der Waals surface area contributed by atoms with E-state index in [4.69, 9.17) is 5.26 Å². The van der Waals surface area contributed by atoms with Gasteiger partial charge in [0.2, 0.25) is 5.91 Å². The highest BCUT2D eigenvalue weighted by Gasteiger charge is 2.18. The summed E-state index contributed by atoms with van der Waals surface area (Å²) in [6.07, 6.45) is 4.68. The van der Waals surface area contributed by atoms with E-state index < -0.39 is 6.04 Å². The number of rotatable bonds is 5. The van der Waals surface area contributed by atoms with E-state index in [0.29, 0.717) is 35.0 Å². The molecule has 28 heavy (non-hydrogen) atoms. The molecule has 1 atom stereocenters. The Kier molecular flexibility index (Phi) is 5.22. The summed E-state index contributed by atoms with van der Waals surface area (Å²) < 4.78 is 0. The number of hydrogen-bond donors (Lipinski definition) is 3. The maximum Gasteiger partial charge on any atom is 0.242 e. The molecule has 9 heteroatoms. The number of anilines is 1. The van der Waals surface area contributed by atoms with Crippen LogP contribution in [0.2, 0.25) is 0 Å². The van der Waals surface area contributed by atoms with Gasteiger partial charge in [0.1, 0.15) is 23.6 Å². The molecule has 0 saturated heterocycles. The van der Waals surface area contributed by atoms with E-state index in [-0.39, 0.29) is 11.3 Å². The standard InChI is InChI=1S/C19H22N8O/c1-11(18(28)23-10-19(2,3)4)25-15-9-24-27-17(26-15)14-8-22-16-13(14)5-12(6-20)7-21-16/h5,7-9,11H,10H2,1-4H3,(H,21,22)(H,23,28)(H,25,26,27). The van der Waals surface area contributed by atoms with Gasteiger partial charge in [-0.2, -0.15) is 10.4 Å². The Morgan fingerprint density at radius 3 is 2.86 bits per heavy atom. The largest absolute Gasteiger partial charge is 0.357 e. The third-order valence-electron chi connectivity index (χ3n) is 4.01. The van der Waals surface area contributed by atoms with E-state index in [1.807, 2.05) is 0 Å². The average molecular weight is 378 g/mol. The van der Waals surface area contributed by atoms with Crippen molar-refractivity contribution in [2.45, 2.75) is 33.7 Å². The maximum atomic E-state index is 12.3. The van der Waals surface area contributed by atoms with Crippen molar-refractivity contribution in [1.82, 2.24) is 30.5 Å².